The lowest BCUT2D eigenvalue weighted by Gasteiger charge is -2.12. The van der Waals surface area contributed by atoms with Crippen molar-refractivity contribution < 1.29 is 4.74 Å². The van der Waals surface area contributed by atoms with E-state index in [0.29, 0.717) is 0 Å². The summed E-state index contributed by atoms with van der Waals surface area (Å²) < 4.78 is 6.84. The third-order valence-corrected chi connectivity index (χ3v) is 4.04. The zero-order valence-corrected chi connectivity index (χ0v) is 13.0. The van der Waals surface area contributed by atoms with E-state index in [1.165, 1.54) is 11.1 Å². The molecule has 0 aliphatic carbocycles. The van der Waals surface area contributed by atoms with E-state index in [1.807, 2.05) is 19.1 Å². The van der Waals surface area contributed by atoms with Crippen LogP contribution in [0.5, 0.6) is 5.75 Å². The summed E-state index contributed by atoms with van der Waals surface area (Å²) in [6.45, 7) is 3.53. The number of benzene rings is 2. The topological polar surface area (TPSA) is 47.3 Å². The third-order valence-electron chi connectivity index (χ3n) is 3.58. The van der Waals surface area contributed by atoms with E-state index in [9.17, 15) is 0 Å². The molecule has 1 aliphatic heterocycles. The van der Waals surface area contributed by atoms with Crippen molar-refractivity contribution in [2.75, 3.05) is 17.7 Å². The molecule has 0 spiro atoms. The van der Waals surface area contributed by atoms with Crippen LogP contribution < -0.4 is 15.8 Å². The van der Waals surface area contributed by atoms with E-state index in [2.05, 4.69) is 39.4 Å². The van der Waals surface area contributed by atoms with Crippen LogP contribution in [0, 0.1) is 6.92 Å². The van der Waals surface area contributed by atoms with Gasteiger partial charge >= 0.3 is 0 Å². The third kappa shape index (κ3) is 2.61. The molecule has 3 nitrogen and oxygen atoms in total. The van der Waals surface area contributed by atoms with Gasteiger partial charge in [0, 0.05) is 34.4 Å². The number of nitrogens with two attached hydrogens (primary N) is 1. The Morgan fingerprint density at radius 1 is 1.30 bits per heavy atom. The highest BCUT2D eigenvalue weighted by Crippen LogP contribution is 2.33. The molecule has 1 heterocycles. The molecule has 20 heavy (non-hydrogen) atoms. The summed E-state index contributed by atoms with van der Waals surface area (Å²) in [5.41, 5.74) is 11.3. The van der Waals surface area contributed by atoms with Gasteiger partial charge in [0.1, 0.15) is 5.75 Å². The highest BCUT2D eigenvalue weighted by molar-refractivity contribution is 9.10. The zero-order chi connectivity index (χ0) is 14.1. The van der Waals surface area contributed by atoms with E-state index in [0.717, 1.165) is 46.7 Å². The first-order valence-electron chi connectivity index (χ1n) is 6.67. The van der Waals surface area contributed by atoms with Gasteiger partial charge in [0.15, 0.2) is 0 Å². The lowest BCUT2D eigenvalue weighted by molar-refractivity contribution is 0.354. The van der Waals surface area contributed by atoms with Gasteiger partial charge < -0.3 is 15.8 Å². The highest BCUT2D eigenvalue weighted by Gasteiger charge is 2.17. The minimum atomic E-state index is 0.741. The Morgan fingerprint density at radius 2 is 2.15 bits per heavy atom. The summed E-state index contributed by atoms with van der Waals surface area (Å²) in [7, 11) is 0. The van der Waals surface area contributed by atoms with E-state index >= 15 is 0 Å². The maximum Gasteiger partial charge on any atom is 0.127 e. The summed E-state index contributed by atoms with van der Waals surface area (Å²) in [6, 6.07) is 10.2. The number of rotatable bonds is 3. The van der Waals surface area contributed by atoms with E-state index in [1.54, 1.807) is 0 Å². The molecule has 0 saturated heterocycles. The molecule has 2 aromatic carbocycles. The molecule has 104 valence electrons. The Morgan fingerprint density at radius 3 is 2.95 bits per heavy atom. The maximum absolute atomic E-state index is 5.84. The second kappa shape index (κ2) is 5.37. The van der Waals surface area contributed by atoms with E-state index < -0.39 is 0 Å². The molecule has 0 bridgehead atoms. The molecule has 0 unspecified atom stereocenters. The van der Waals surface area contributed by atoms with Crippen molar-refractivity contribution in [3.8, 4) is 5.75 Å². The van der Waals surface area contributed by atoms with Crippen LogP contribution in [-0.4, -0.2) is 6.61 Å². The van der Waals surface area contributed by atoms with Crippen LogP contribution in [0.4, 0.5) is 11.4 Å². The van der Waals surface area contributed by atoms with Gasteiger partial charge in [-0.15, -0.1) is 0 Å². The Kier molecular flexibility index (Phi) is 3.57. The van der Waals surface area contributed by atoms with Crippen LogP contribution in [0.25, 0.3) is 0 Å². The van der Waals surface area contributed by atoms with Crippen LogP contribution in [-0.2, 0) is 13.0 Å². The first kappa shape index (κ1) is 13.3. The molecular formula is C16H17BrN2O. The number of halogens is 1. The molecule has 3 rings (SSSR count). The Balaban J connectivity index is 1.80. The quantitative estimate of drug-likeness (QED) is 0.838. The summed E-state index contributed by atoms with van der Waals surface area (Å²) in [4.78, 5) is 0. The standard InChI is InChI=1S/C16H17BrN2O/c1-10-6-14(2-3-15(10)18)19-9-12-8-13(17)7-11-4-5-20-16(11)12/h2-3,6-8,19H,4-5,9,18H2,1H3. The molecule has 1 aliphatic rings. The second-order valence-corrected chi connectivity index (χ2v) is 5.99. The number of hydrogen-bond donors (Lipinski definition) is 2. The Labute approximate surface area is 127 Å². The maximum atomic E-state index is 5.84. The molecule has 0 saturated carbocycles. The molecular weight excluding hydrogens is 316 g/mol. The van der Waals surface area contributed by atoms with Crippen LogP contribution in [0.3, 0.4) is 0 Å². The van der Waals surface area contributed by atoms with Crippen molar-refractivity contribution in [3.05, 3.63) is 51.5 Å². The van der Waals surface area contributed by atoms with Gasteiger partial charge in [0.05, 0.1) is 6.61 Å². The van der Waals surface area contributed by atoms with Crippen LogP contribution >= 0.6 is 15.9 Å². The average molecular weight is 333 g/mol. The summed E-state index contributed by atoms with van der Waals surface area (Å²) in [5, 5.41) is 3.43. The van der Waals surface area contributed by atoms with Crippen molar-refractivity contribution in [2.24, 2.45) is 0 Å². The van der Waals surface area contributed by atoms with Crippen molar-refractivity contribution in [3.63, 3.8) is 0 Å². The molecule has 0 radical (unpaired) electrons. The predicted molar refractivity (Wildman–Crippen MR) is 86.3 cm³/mol. The van der Waals surface area contributed by atoms with Crippen LogP contribution in [0.2, 0.25) is 0 Å². The summed E-state index contributed by atoms with van der Waals surface area (Å²) in [5.74, 6) is 1.04. The van der Waals surface area contributed by atoms with Crippen LogP contribution in [0.15, 0.2) is 34.8 Å². The lowest BCUT2D eigenvalue weighted by atomic mass is 10.1. The Hall–Kier alpha value is -1.68. The minimum Gasteiger partial charge on any atom is -0.493 e. The zero-order valence-electron chi connectivity index (χ0n) is 11.4. The van der Waals surface area contributed by atoms with Crippen molar-refractivity contribution in [2.45, 2.75) is 19.9 Å². The molecule has 4 heteroatoms. The predicted octanol–water partition coefficient (Wildman–Crippen LogP) is 3.89. The van der Waals surface area contributed by atoms with Gasteiger partial charge in [-0.25, -0.2) is 0 Å². The smallest absolute Gasteiger partial charge is 0.127 e. The van der Waals surface area contributed by atoms with Crippen molar-refractivity contribution >= 4 is 27.3 Å². The molecule has 0 aromatic heterocycles. The number of fused-ring (bicyclic) bond motifs is 1. The van der Waals surface area contributed by atoms with E-state index in [4.69, 9.17) is 10.5 Å². The van der Waals surface area contributed by atoms with E-state index in [-0.39, 0.29) is 0 Å². The van der Waals surface area contributed by atoms with Gasteiger partial charge in [-0.1, -0.05) is 15.9 Å². The first-order valence-corrected chi connectivity index (χ1v) is 7.47. The van der Waals surface area contributed by atoms with Gasteiger partial charge in [-0.2, -0.15) is 0 Å². The van der Waals surface area contributed by atoms with Gasteiger partial charge in [0.2, 0.25) is 0 Å². The fourth-order valence-electron chi connectivity index (χ4n) is 2.46. The summed E-state index contributed by atoms with van der Waals surface area (Å²) in [6.07, 6.45) is 0.989. The van der Waals surface area contributed by atoms with Crippen molar-refractivity contribution in [1.82, 2.24) is 0 Å². The molecule has 0 atom stereocenters. The largest absolute Gasteiger partial charge is 0.493 e. The number of anilines is 2. The molecule has 3 N–H and O–H groups in total. The van der Waals surface area contributed by atoms with Gasteiger partial charge in [-0.3, -0.25) is 0 Å². The number of nitrogens with one attached hydrogen (secondary N) is 1. The number of ether oxygens (including phenoxy) is 1. The average Bonchev–Trinajstić information content (AvgIpc) is 2.88. The molecule has 0 fully saturated rings. The summed E-state index contributed by atoms with van der Waals surface area (Å²) >= 11 is 3.56. The second-order valence-electron chi connectivity index (χ2n) is 5.08. The fraction of sp³-hybridized carbons (Fsp3) is 0.250. The highest BCUT2D eigenvalue weighted by atomic mass is 79.9. The lowest BCUT2D eigenvalue weighted by Crippen LogP contribution is -2.02. The first-order chi connectivity index (χ1) is 9.63. The van der Waals surface area contributed by atoms with Gasteiger partial charge in [0.25, 0.3) is 0 Å². The normalized spacial score (nSPS) is 12.9. The van der Waals surface area contributed by atoms with Gasteiger partial charge in [-0.05, 0) is 48.4 Å². The number of nitrogen functional groups attached to an aromatic ring is 1. The SMILES string of the molecule is Cc1cc(NCc2cc(Br)cc3c2OCC3)ccc1N. The number of hydrogen-bond acceptors (Lipinski definition) is 3. The van der Waals surface area contributed by atoms with Crippen LogP contribution in [0.1, 0.15) is 16.7 Å². The monoisotopic (exact) mass is 332 g/mol. The minimum absolute atomic E-state index is 0.741. The number of aryl methyl sites for hydroxylation is 1. The molecule has 2 aromatic rings. The Bertz CT molecular complexity index is 655. The van der Waals surface area contributed by atoms with Crippen molar-refractivity contribution in [1.29, 1.82) is 0 Å². The fourth-order valence-corrected chi connectivity index (χ4v) is 3.01. The molecule has 0 amide bonds.